The molecule has 1 N–H and O–H groups in total. The predicted octanol–water partition coefficient (Wildman–Crippen LogP) is 1.75. The number of morpholine rings is 1. The summed E-state index contributed by atoms with van der Waals surface area (Å²) in [5, 5.41) is 11.0. The molecule has 0 aromatic heterocycles. The van der Waals surface area contributed by atoms with E-state index in [2.05, 4.69) is 13.8 Å². The maximum absolute atomic E-state index is 11.0. The van der Waals surface area contributed by atoms with Gasteiger partial charge in [0.05, 0.1) is 18.1 Å². The highest BCUT2D eigenvalue weighted by Crippen LogP contribution is 2.27. The molecule has 1 aliphatic rings. The van der Waals surface area contributed by atoms with Crippen LogP contribution in [0.5, 0.6) is 5.75 Å². The normalized spacial score (nSPS) is 24.4. The summed E-state index contributed by atoms with van der Waals surface area (Å²) in [6, 6.07) is 5.07. The van der Waals surface area contributed by atoms with Crippen LogP contribution in [-0.2, 0) is 4.74 Å². The molecule has 0 unspecified atom stereocenters. The summed E-state index contributed by atoms with van der Waals surface area (Å²) < 4.78 is 11.3. The molecule has 1 fully saturated rings. The molecule has 0 bridgehead atoms. The van der Waals surface area contributed by atoms with E-state index in [-0.39, 0.29) is 10.6 Å². The zero-order chi connectivity index (χ0) is 16.8. The van der Waals surface area contributed by atoms with Crippen LogP contribution in [0, 0.1) is 17.0 Å². The van der Waals surface area contributed by atoms with E-state index < -0.39 is 0 Å². The summed E-state index contributed by atoms with van der Waals surface area (Å²) in [6.07, 6.45) is 2.59. The Morgan fingerprint density at radius 3 is 2.65 bits per heavy atom. The van der Waals surface area contributed by atoms with Crippen molar-refractivity contribution in [1.29, 1.82) is 0 Å². The van der Waals surface area contributed by atoms with E-state index in [9.17, 15) is 10.1 Å². The molecule has 0 radical (unpaired) electrons. The van der Waals surface area contributed by atoms with Crippen molar-refractivity contribution in [3.63, 3.8) is 0 Å². The van der Waals surface area contributed by atoms with E-state index in [0.29, 0.717) is 24.6 Å². The van der Waals surface area contributed by atoms with Crippen molar-refractivity contribution in [1.82, 2.24) is 0 Å². The van der Waals surface area contributed by atoms with Crippen LogP contribution in [0.2, 0.25) is 0 Å². The second kappa shape index (κ2) is 8.26. The maximum Gasteiger partial charge on any atom is 0.311 e. The average molecular weight is 323 g/mol. The first-order valence-corrected chi connectivity index (χ1v) is 8.32. The molecule has 1 aromatic rings. The number of nitro groups is 1. The lowest BCUT2D eigenvalue weighted by atomic mass is 10.2. The van der Waals surface area contributed by atoms with Gasteiger partial charge >= 0.3 is 5.69 Å². The maximum atomic E-state index is 11.0. The van der Waals surface area contributed by atoms with E-state index >= 15 is 0 Å². The third kappa shape index (κ3) is 5.48. The number of hydrogen-bond donors (Lipinski definition) is 1. The fraction of sp³-hybridized carbons (Fsp3) is 0.647. The molecular formula is C17H27N2O4+. The summed E-state index contributed by atoms with van der Waals surface area (Å²) in [5.41, 5.74) is 0.912. The lowest BCUT2D eigenvalue weighted by molar-refractivity contribution is -0.915. The molecule has 128 valence electrons. The topological polar surface area (TPSA) is 66.0 Å². The summed E-state index contributed by atoms with van der Waals surface area (Å²) in [4.78, 5) is 12.2. The minimum atomic E-state index is -0.386. The molecule has 0 spiro atoms. The summed E-state index contributed by atoms with van der Waals surface area (Å²) in [7, 11) is 0. The van der Waals surface area contributed by atoms with Crippen molar-refractivity contribution in [2.24, 2.45) is 0 Å². The number of hydrogen-bond acceptors (Lipinski definition) is 4. The minimum Gasteiger partial charge on any atom is -0.487 e. The Morgan fingerprint density at radius 1 is 1.30 bits per heavy atom. The van der Waals surface area contributed by atoms with Gasteiger partial charge in [-0.1, -0.05) is 6.07 Å². The zero-order valence-electron chi connectivity index (χ0n) is 14.2. The highest BCUT2D eigenvalue weighted by atomic mass is 16.6. The largest absolute Gasteiger partial charge is 0.487 e. The van der Waals surface area contributed by atoms with Crippen LogP contribution in [0.3, 0.4) is 0 Å². The fourth-order valence-corrected chi connectivity index (χ4v) is 3.14. The van der Waals surface area contributed by atoms with Gasteiger partial charge in [0, 0.05) is 6.07 Å². The molecule has 0 saturated carbocycles. The molecule has 1 aromatic carbocycles. The standard InChI is InChI=1S/C17H26N2O4/c1-13-6-7-17(16(10-13)19(20)21)22-9-5-4-8-18-11-14(2)23-15(3)12-18/h6-7,10,14-15H,4-5,8-9,11-12H2,1-3H3/p+1/t14-,15-/m1/s1. The van der Waals surface area contributed by atoms with Gasteiger partial charge in [-0.15, -0.1) is 0 Å². The number of ether oxygens (including phenoxy) is 2. The van der Waals surface area contributed by atoms with Gasteiger partial charge in [-0.25, -0.2) is 0 Å². The van der Waals surface area contributed by atoms with Crippen LogP contribution in [0.25, 0.3) is 0 Å². The van der Waals surface area contributed by atoms with Crippen molar-refractivity contribution >= 4 is 5.69 Å². The Hall–Kier alpha value is -1.66. The number of nitro benzene ring substituents is 1. The van der Waals surface area contributed by atoms with Crippen molar-refractivity contribution in [3.8, 4) is 5.75 Å². The van der Waals surface area contributed by atoms with Gasteiger partial charge in [-0.2, -0.15) is 0 Å². The number of quaternary nitrogens is 1. The molecule has 0 amide bonds. The van der Waals surface area contributed by atoms with Crippen LogP contribution >= 0.6 is 0 Å². The number of aryl methyl sites for hydroxylation is 1. The molecular weight excluding hydrogens is 296 g/mol. The Bertz CT molecular complexity index is 525. The van der Waals surface area contributed by atoms with Gasteiger partial charge in [0.2, 0.25) is 0 Å². The Morgan fingerprint density at radius 2 is 2.00 bits per heavy atom. The van der Waals surface area contributed by atoms with Crippen LogP contribution < -0.4 is 9.64 Å². The lowest BCUT2D eigenvalue weighted by Gasteiger charge is -2.32. The van der Waals surface area contributed by atoms with Gasteiger partial charge in [-0.3, -0.25) is 10.1 Å². The van der Waals surface area contributed by atoms with Gasteiger partial charge < -0.3 is 14.4 Å². The van der Waals surface area contributed by atoms with Gasteiger partial charge in [0.1, 0.15) is 25.3 Å². The van der Waals surface area contributed by atoms with Crippen LogP contribution in [-0.4, -0.2) is 43.4 Å². The molecule has 6 nitrogen and oxygen atoms in total. The zero-order valence-corrected chi connectivity index (χ0v) is 14.2. The molecule has 0 aliphatic carbocycles. The first-order valence-electron chi connectivity index (χ1n) is 8.32. The highest BCUT2D eigenvalue weighted by Gasteiger charge is 2.24. The Kier molecular flexibility index (Phi) is 6.36. The van der Waals surface area contributed by atoms with Crippen molar-refractivity contribution < 1.29 is 19.3 Å². The smallest absolute Gasteiger partial charge is 0.311 e. The molecule has 2 atom stereocenters. The second-order valence-electron chi connectivity index (χ2n) is 6.45. The van der Waals surface area contributed by atoms with Gasteiger partial charge in [0.25, 0.3) is 0 Å². The molecule has 1 heterocycles. The van der Waals surface area contributed by atoms with Crippen LogP contribution in [0.4, 0.5) is 5.69 Å². The average Bonchev–Trinajstić information content (AvgIpc) is 2.47. The van der Waals surface area contributed by atoms with E-state index in [1.807, 2.05) is 13.0 Å². The van der Waals surface area contributed by atoms with Crippen molar-refractivity contribution in [3.05, 3.63) is 33.9 Å². The summed E-state index contributed by atoms with van der Waals surface area (Å²) >= 11 is 0. The number of unbranched alkanes of at least 4 members (excludes halogenated alkanes) is 1. The highest BCUT2D eigenvalue weighted by molar-refractivity contribution is 5.48. The summed E-state index contributed by atoms with van der Waals surface area (Å²) in [5.74, 6) is 0.363. The van der Waals surface area contributed by atoms with Crippen LogP contribution in [0.15, 0.2) is 18.2 Å². The number of nitrogens with zero attached hydrogens (tertiary/aromatic N) is 1. The summed E-state index contributed by atoms with van der Waals surface area (Å²) in [6.45, 7) is 9.79. The third-order valence-corrected chi connectivity index (χ3v) is 4.11. The molecule has 1 aliphatic heterocycles. The fourth-order valence-electron chi connectivity index (χ4n) is 3.14. The van der Waals surface area contributed by atoms with Crippen LogP contribution in [0.1, 0.15) is 32.3 Å². The molecule has 23 heavy (non-hydrogen) atoms. The monoisotopic (exact) mass is 323 g/mol. The van der Waals surface area contributed by atoms with Gasteiger partial charge in [0.15, 0.2) is 5.75 Å². The number of benzene rings is 1. The first kappa shape index (κ1) is 17.7. The van der Waals surface area contributed by atoms with E-state index in [1.54, 1.807) is 17.0 Å². The third-order valence-electron chi connectivity index (χ3n) is 4.11. The second-order valence-corrected chi connectivity index (χ2v) is 6.45. The molecule has 6 heteroatoms. The first-order chi connectivity index (χ1) is 11.0. The Labute approximate surface area is 137 Å². The molecule has 1 saturated heterocycles. The number of rotatable bonds is 7. The molecule has 2 rings (SSSR count). The number of nitrogens with one attached hydrogen (secondary N) is 1. The van der Waals surface area contributed by atoms with Crippen molar-refractivity contribution in [2.45, 2.75) is 45.8 Å². The van der Waals surface area contributed by atoms with Gasteiger partial charge in [-0.05, 0) is 45.2 Å². The Balaban J connectivity index is 1.73. The SMILES string of the molecule is Cc1ccc(OCCCC[NH+]2C[C@@H](C)O[C@H](C)C2)c([N+](=O)[O-])c1. The van der Waals surface area contributed by atoms with E-state index in [0.717, 1.165) is 38.0 Å². The van der Waals surface area contributed by atoms with E-state index in [1.165, 1.54) is 0 Å². The minimum absolute atomic E-state index is 0.0476. The lowest BCUT2D eigenvalue weighted by Crippen LogP contribution is -3.15. The predicted molar refractivity (Wildman–Crippen MR) is 88.1 cm³/mol. The van der Waals surface area contributed by atoms with Crippen molar-refractivity contribution in [2.75, 3.05) is 26.2 Å². The quantitative estimate of drug-likeness (QED) is 0.472. The van der Waals surface area contributed by atoms with E-state index in [4.69, 9.17) is 9.47 Å².